The van der Waals surface area contributed by atoms with Crippen molar-refractivity contribution < 1.29 is 13.2 Å². The Balaban J connectivity index is 1.93. The largest absolute Gasteiger partial charge is 0.416 e. The maximum absolute atomic E-state index is 12.5. The minimum Gasteiger partial charge on any atom is -0.370 e. The van der Waals surface area contributed by atoms with Gasteiger partial charge in [0, 0.05) is 17.8 Å². The fourth-order valence-corrected chi connectivity index (χ4v) is 1.82. The van der Waals surface area contributed by atoms with Crippen LogP contribution in [0.25, 0.3) is 0 Å². The molecule has 1 aromatic carbocycles. The predicted molar refractivity (Wildman–Crippen MR) is 72.9 cm³/mol. The number of benzene rings is 1. The summed E-state index contributed by atoms with van der Waals surface area (Å²) in [5, 5.41) is 3.53. The van der Waals surface area contributed by atoms with Crippen molar-refractivity contribution in [2.45, 2.75) is 12.6 Å². The van der Waals surface area contributed by atoms with E-state index in [1.807, 2.05) is 12.1 Å². The Labute approximate surface area is 119 Å². The summed E-state index contributed by atoms with van der Waals surface area (Å²) >= 11 is 5.77. The first-order chi connectivity index (χ1) is 9.45. The fourth-order valence-electron chi connectivity index (χ4n) is 1.69. The lowest BCUT2D eigenvalue weighted by atomic mass is 10.1. The van der Waals surface area contributed by atoms with Crippen molar-refractivity contribution in [1.82, 2.24) is 4.98 Å². The highest BCUT2D eigenvalue weighted by Crippen LogP contribution is 2.29. The van der Waals surface area contributed by atoms with Gasteiger partial charge in [-0.05, 0) is 36.2 Å². The van der Waals surface area contributed by atoms with E-state index in [0.29, 0.717) is 18.0 Å². The lowest BCUT2D eigenvalue weighted by Gasteiger charge is -2.09. The summed E-state index contributed by atoms with van der Waals surface area (Å²) in [6, 6.07) is 9.26. The van der Waals surface area contributed by atoms with E-state index in [4.69, 9.17) is 11.6 Å². The molecule has 0 atom stereocenters. The number of nitrogens with one attached hydrogen (secondary N) is 1. The molecule has 0 aliphatic heterocycles. The molecule has 6 heteroatoms. The van der Waals surface area contributed by atoms with Crippen LogP contribution in [0.3, 0.4) is 0 Å². The molecule has 20 heavy (non-hydrogen) atoms. The minimum absolute atomic E-state index is 0.216. The summed E-state index contributed by atoms with van der Waals surface area (Å²) in [6.45, 7) is 0.496. The average Bonchev–Trinajstić information content (AvgIpc) is 2.40. The van der Waals surface area contributed by atoms with Gasteiger partial charge in [-0.2, -0.15) is 13.2 Å². The summed E-state index contributed by atoms with van der Waals surface area (Å²) in [4.78, 5) is 3.87. The smallest absolute Gasteiger partial charge is 0.370 e. The number of rotatable bonds is 4. The van der Waals surface area contributed by atoms with E-state index in [2.05, 4.69) is 10.3 Å². The third kappa shape index (κ3) is 4.13. The SMILES string of the molecule is FC(F)(F)c1ccnc(NCCc2ccc(Cl)cc2)c1. The number of anilines is 1. The number of halogens is 4. The number of alkyl halides is 3. The molecule has 2 nitrogen and oxygen atoms in total. The zero-order valence-corrected chi connectivity index (χ0v) is 11.2. The normalized spacial score (nSPS) is 11.4. The lowest BCUT2D eigenvalue weighted by molar-refractivity contribution is -0.137. The number of hydrogen-bond donors (Lipinski definition) is 1. The monoisotopic (exact) mass is 300 g/mol. The van der Waals surface area contributed by atoms with E-state index in [1.165, 1.54) is 0 Å². The van der Waals surface area contributed by atoms with Gasteiger partial charge in [-0.15, -0.1) is 0 Å². The molecule has 0 spiro atoms. The Morgan fingerprint density at radius 3 is 2.45 bits per heavy atom. The highest BCUT2D eigenvalue weighted by Gasteiger charge is 2.30. The van der Waals surface area contributed by atoms with Crippen molar-refractivity contribution in [3.05, 3.63) is 58.7 Å². The zero-order chi connectivity index (χ0) is 14.6. The molecule has 106 valence electrons. The van der Waals surface area contributed by atoms with Crippen LogP contribution in [0.4, 0.5) is 19.0 Å². The van der Waals surface area contributed by atoms with Gasteiger partial charge in [0.1, 0.15) is 5.82 Å². The summed E-state index contributed by atoms with van der Waals surface area (Å²) in [6.07, 6.45) is -2.53. The van der Waals surface area contributed by atoms with Gasteiger partial charge in [0.15, 0.2) is 0 Å². The quantitative estimate of drug-likeness (QED) is 0.905. The van der Waals surface area contributed by atoms with Gasteiger partial charge in [0.2, 0.25) is 0 Å². The predicted octanol–water partition coefficient (Wildman–Crippen LogP) is 4.41. The second-order valence-corrected chi connectivity index (χ2v) is 4.67. The molecule has 0 radical (unpaired) electrons. The molecule has 2 rings (SSSR count). The van der Waals surface area contributed by atoms with Crippen molar-refractivity contribution in [3.63, 3.8) is 0 Å². The summed E-state index contributed by atoms with van der Waals surface area (Å²) < 4.78 is 37.6. The van der Waals surface area contributed by atoms with Crippen LogP contribution in [0.1, 0.15) is 11.1 Å². The Kier molecular flexibility index (Phi) is 4.49. The van der Waals surface area contributed by atoms with E-state index >= 15 is 0 Å². The van der Waals surface area contributed by atoms with E-state index < -0.39 is 11.7 Å². The Morgan fingerprint density at radius 2 is 1.80 bits per heavy atom. The third-order valence-electron chi connectivity index (χ3n) is 2.72. The van der Waals surface area contributed by atoms with Crippen molar-refractivity contribution in [1.29, 1.82) is 0 Å². The second-order valence-electron chi connectivity index (χ2n) is 4.23. The zero-order valence-electron chi connectivity index (χ0n) is 10.4. The molecule has 0 bridgehead atoms. The number of hydrogen-bond acceptors (Lipinski definition) is 2. The van der Waals surface area contributed by atoms with Crippen LogP contribution in [0.15, 0.2) is 42.6 Å². The van der Waals surface area contributed by atoms with Crippen LogP contribution in [0, 0.1) is 0 Å². The molecule has 0 amide bonds. The molecule has 0 saturated heterocycles. The Bertz CT molecular complexity index is 567. The molecular formula is C14H12ClF3N2. The number of pyridine rings is 1. The molecule has 2 aromatic rings. The fraction of sp³-hybridized carbons (Fsp3) is 0.214. The van der Waals surface area contributed by atoms with Crippen LogP contribution in [-0.2, 0) is 12.6 Å². The van der Waals surface area contributed by atoms with Crippen LogP contribution >= 0.6 is 11.6 Å². The maximum atomic E-state index is 12.5. The average molecular weight is 301 g/mol. The molecular weight excluding hydrogens is 289 g/mol. The second kappa shape index (κ2) is 6.13. The van der Waals surface area contributed by atoms with E-state index in [1.54, 1.807) is 12.1 Å². The van der Waals surface area contributed by atoms with Gasteiger partial charge >= 0.3 is 6.18 Å². The van der Waals surface area contributed by atoms with Gasteiger partial charge in [0.05, 0.1) is 5.56 Å². The van der Waals surface area contributed by atoms with Gasteiger partial charge in [-0.3, -0.25) is 0 Å². The Morgan fingerprint density at radius 1 is 1.10 bits per heavy atom. The molecule has 1 aromatic heterocycles. The van der Waals surface area contributed by atoms with Crippen molar-refractivity contribution in [2.75, 3.05) is 11.9 Å². The maximum Gasteiger partial charge on any atom is 0.416 e. The van der Waals surface area contributed by atoms with Crippen molar-refractivity contribution in [2.24, 2.45) is 0 Å². The molecule has 1 heterocycles. The Hall–Kier alpha value is -1.75. The van der Waals surface area contributed by atoms with Crippen LogP contribution < -0.4 is 5.32 Å². The van der Waals surface area contributed by atoms with Gasteiger partial charge in [-0.1, -0.05) is 23.7 Å². The first-order valence-corrected chi connectivity index (χ1v) is 6.34. The number of nitrogens with zero attached hydrogens (tertiary/aromatic N) is 1. The van der Waals surface area contributed by atoms with E-state index in [-0.39, 0.29) is 5.82 Å². The molecule has 0 aliphatic carbocycles. The summed E-state index contributed by atoms with van der Waals surface area (Å²) in [5.41, 5.74) is 0.343. The van der Waals surface area contributed by atoms with E-state index in [0.717, 1.165) is 23.9 Å². The lowest BCUT2D eigenvalue weighted by Crippen LogP contribution is -2.09. The molecule has 1 N–H and O–H groups in total. The highest BCUT2D eigenvalue weighted by atomic mass is 35.5. The minimum atomic E-state index is -4.35. The van der Waals surface area contributed by atoms with Gasteiger partial charge in [-0.25, -0.2) is 4.98 Å². The van der Waals surface area contributed by atoms with Crippen molar-refractivity contribution in [3.8, 4) is 0 Å². The summed E-state index contributed by atoms with van der Waals surface area (Å²) in [5.74, 6) is 0.216. The topological polar surface area (TPSA) is 24.9 Å². The molecule has 0 saturated carbocycles. The third-order valence-corrected chi connectivity index (χ3v) is 2.97. The molecule has 0 unspecified atom stereocenters. The van der Waals surface area contributed by atoms with Crippen LogP contribution in [0.5, 0.6) is 0 Å². The van der Waals surface area contributed by atoms with E-state index in [9.17, 15) is 13.2 Å². The number of aromatic nitrogens is 1. The molecule has 0 aliphatic rings. The first-order valence-electron chi connectivity index (χ1n) is 5.97. The van der Waals surface area contributed by atoms with Crippen LogP contribution in [-0.4, -0.2) is 11.5 Å². The van der Waals surface area contributed by atoms with Crippen molar-refractivity contribution >= 4 is 17.4 Å². The first kappa shape index (κ1) is 14.7. The van der Waals surface area contributed by atoms with Gasteiger partial charge in [0.25, 0.3) is 0 Å². The summed E-state index contributed by atoms with van der Waals surface area (Å²) in [7, 11) is 0. The highest BCUT2D eigenvalue weighted by molar-refractivity contribution is 6.30. The van der Waals surface area contributed by atoms with Crippen LogP contribution in [0.2, 0.25) is 5.02 Å². The van der Waals surface area contributed by atoms with Gasteiger partial charge < -0.3 is 5.32 Å². The molecule has 0 fully saturated rings. The standard InChI is InChI=1S/C14H12ClF3N2/c15-12-3-1-10(2-4-12)5-7-19-13-9-11(6-8-20-13)14(16,17)18/h1-4,6,8-9H,5,7H2,(H,19,20).